The Morgan fingerprint density at radius 2 is 1.88 bits per heavy atom. The third-order valence-electron chi connectivity index (χ3n) is 3.97. The molecular formula is C21H20O4. The normalized spacial score (nSPS) is 10.6. The van der Waals surface area contributed by atoms with E-state index in [1.807, 2.05) is 30.3 Å². The summed E-state index contributed by atoms with van der Waals surface area (Å²) in [4.78, 5) is 12.8. The first-order valence-electron chi connectivity index (χ1n) is 8.16. The first-order chi connectivity index (χ1) is 12.2. The lowest BCUT2D eigenvalue weighted by Gasteiger charge is -2.07. The third kappa shape index (κ3) is 3.74. The highest BCUT2D eigenvalue weighted by Crippen LogP contribution is 2.24. The van der Waals surface area contributed by atoms with Gasteiger partial charge in [0, 0.05) is 6.07 Å². The van der Waals surface area contributed by atoms with Gasteiger partial charge in [-0.05, 0) is 42.7 Å². The van der Waals surface area contributed by atoms with Crippen molar-refractivity contribution in [2.75, 3.05) is 13.7 Å². The highest BCUT2D eigenvalue weighted by molar-refractivity contribution is 5.82. The molecule has 0 fully saturated rings. The molecule has 2 aromatic carbocycles. The van der Waals surface area contributed by atoms with E-state index >= 15 is 0 Å². The van der Waals surface area contributed by atoms with Crippen LogP contribution in [0.15, 0.2) is 70.6 Å². The van der Waals surface area contributed by atoms with E-state index in [-0.39, 0.29) is 5.43 Å². The second kappa shape index (κ2) is 7.71. The van der Waals surface area contributed by atoms with E-state index in [1.54, 1.807) is 25.3 Å². The van der Waals surface area contributed by atoms with Crippen LogP contribution in [-0.4, -0.2) is 13.7 Å². The van der Waals surface area contributed by atoms with E-state index in [9.17, 15) is 4.79 Å². The molecule has 0 radical (unpaired) electrons. The molecule has 1 aromatic heterocycles. The van der Waals surface area contributed by atoms with Gasteiger partial charge in [0.25, 0.3) is 0 Å². The number of benzene rings is 2. The second-order valence-corrected chi connectivity index (χ2v) is 5.64. The maximum absolute atomic E-state index is 12.8. The van der Waals surface area contributed by atoms with Crippen LogP contribution in [0.4, 0.5) is 0 Å². The van der Waals surface area contributed by atoms with Crippen molar-refractivity contribution in [3.8, 4) is 22.6 Å². The summed E-state index contributed by atoms with van der Waals surface area (Å²) in [5.74, 6) is 1.43. The van der Waals surface area contributed by atoms with Crippen molar-refractivity contribution in [3.05, 3.63) is 71.6 Å². The van der Waals surface area contributed by atoms with E-state index in [4.69, 9.17) is 13.9 Å². The molecule has 0 aliphatic heterocycles. The number of rotatable bonds is 7. The van der Waals surface area contributed by atoms with Crippen LogP contribution < -0.4 is 14.9 Å². The van der Waals surface area contributed by atoms with E-state index < -0.39 is 0 Å². The molecule has 4 heteroatoms. The molecule has 4 nitrogen and oxygen atoms in total. The van der Waals surface area contributed by atoms with Gasteiger partial charge in [-0.25, -0.2) is 0 Å². The monoisotopic (exact) mass is 336 g/mol. The van der Waals surface area contributed by atoms with Crippen LogP contribution in [0.3, 0.4) is 0 Å². The molecule has 0 unspecified atom stereocenters. The standard InChI is InChI=1S/C21H20O4/c1-3-4-5-12-24-17-10-11-18-20(13-17)25-14-19(21(18)22)15-6-8-16(23-2)9-7-15/h3,6-11,13-14H,1,4-5,12H2,2H3. The van der Waals surface area contributed by atoms with E-state index in [1.165, 1.54) is 6.26 Å². The minimum atomic E-state index is -0.0652. The van der Waals surface area contributed by atoms with Gasteiger partial charge in [0.05, 0.1) is 24.7 Å². The molecular weight excluding hydrogens is 316 g/mol. The van der Waals surface area contributed by atoms with Crippen LogP contribution in [0.2, 0.25) is 0 Å². The molecule has 0 N–H and O–H groups in total. The molecule has 128 valence electrons. The predicted octanol–water partition coefficient (Wildman–Crippen LogP) is 4.81. The Hall–Kier alpha value is -3.01. The molecule has 0 aliphatic carbocycles. The Morgan fingerprint density at radius 3 is 2.60 bits per heavy atom. The topological polar surface area (TPSA) is 48.7 Å². The number of hydrogen-bond acceptors (Lipinski definition) is 4. The minimum absolute atomic E-state index is 0.0652. The van der Waals surface area contributed by atoms with Gasteiger partial charge in [0.2, 0.25) is 0 Å². The SMILES string of the molecule is C=CCCCOc1ccc2c(=O)c(-c3ccc(OC)cc3)coc2c1. The van der Waals surface area contributed by atoms with Gasteiger partial charge in [0.15, 0.2) is 5.43 Å². The Kier molecular flexibility index (Phi) is 5.19. The lowest BCUT2D eigenvalue weighted by Crippen LogP contribution is -2.05. The minimum Gasteiger partial charge on any atom is -0.497 e. The van der Waals surface area contributed by atoms with Gasteiger partial charge < -0.3 is 13.9 Å². The summed E-state index contributed by atoms with van der Waals surface area (Å²) in [6, 6.07) is 12.6. The molecule has 0 saturated carbocycles. The number of ether oxygens (including phenoxy) is 2. The van der Waals surface area contributed by atoms with Gasteiger partial charge in [-0.3, -0.25) is 4.79 Å². The number of methoxy groups -OCH3 is 1. The molecule has 3 rings (SSSR count). The first-order valence-corrected chi connectivity index (χ1v) is 8.16. The van der Waals surface area contributed by atoms with Crippen molar-refractivity contribution in [1.82, 2.24) is 0 Å². The average molecular weight is 336 g/mol. The summed E-state index contributed by atoms with van der Waals surface area (Å²) in [6.45, 7) is 4.29. The van der Waals surface area contributed by atoms with Gasteiger partial charge in [-0.15, -0.1) is 6.58 Å². The van der Waals surface area contributed by atoms with Crippen LogP contribution in [0.5, 0.6) is 11.5 Å². The van der Waals surface area contributed by atoms with Crippen LogP contribution in [0.25, 0.3) is 22.1 Å². The fraction of sp³-hybridized carbons (Fsp3) is 0.190. The Balaban J connectivity index is 1.89. The lowest BCUT2D eigenvalue weighted by molar-refractivity contribution is 0.312. The lowest BCUT2D eigenvalue weighted by atomic mass is 10.1. The van der Waals surface area contributed by atoms with Crippen molar-refractivity contribution >= 4 is 11.0 Å². The van der Waals surface area contributed by atoms with Crippen molar-refractivity contribution < 1.29 is 13.9 Å². The Bertz CT molecular complexity index is 923. The van der Waals surface area contributed by atoms with Gasteiger partial charge in [-0.2, -0.15) is 0 Å². The molecule has 1 heterocycles. The second-order valence-electron chi connectivity index (χ2n) is 5.64. The highest BCUT2D eigenvalue weighted by Gasteiger charge is 2.10. The molecule has 0 aliphatic rings. The van der Waals surface area contributed by atoms with Crippen LogP contribution in [0.1, 0.15) is 12.8 Å². The van der Waals surface area contributed by atoms with E-state index in [0.717, 1.165) is 24.2 Å². The fourth-order valence-corrected chi connectivity index (χ4v) is 2.59. The average Bonchev–Trinajstić information content (AvgIpc) is 2.66. The maximum atomic E-state index is 12.8. The number of allylic oxidation sites excluding steroid dienone is 1. The molecule has 0 saturated heterocycles. The summed E-state index contributed by atoms with van der Waals surface area (Å²) in [7, 11) is 1.61. The molecule has 25 heavy (non-hydrogen) atoms. The zero-order valence-electron chi connectivity index (χ0n) is 14.2. The maximum Gasteiger partial charge on any atom is 0.200 e. The van der Waals surface area contributed by atoms with Crippen molar-refractivity contribution in [2.45, 2.75) is 12.8 Å². The molecule has 0 atom stereocenters. The van der Waals surface area contributed by atoms with Gasteiger partial charge in [0.1, 0.15) is 23.3 Å². The smallest absolute Gasteiger partial charge is 0.200 e. The molecule has 0 bridgehead atoms. The predicted molar refractivity (Wildman–Crippen MR) is 99.4 cm³/mol. The number of unbranched alkanes of at least 4 members (excludes halogenated alkanes) is 1. The van der Waals surface area contributed by atoms with Crippen molar-refractivity contribution in [3.63, 3.8) is 0 Å². The molecule has 0 spiro atoms. The van der Waals surface area contributed by atoms with E-state index in [2.05, 4.69) is 6.58 Å². The number of hydrogen-bond donors (Lipinski definition) is 0. The summed E-state index contributed by atoms with van der Waals surface area (Å²) >= 11 is 0. The van der Waals surface area contributed by atoms with Crippen LogP contribution in [-0.2, 0) is 0 Å². The summed E-state index contributed by atoms with van der Waals surface area (Å²) in [6.07, 6.45) is 5.17. The summed E-state index contributed by atoms with van der Waals surface area (Å²) in [5, 5.41) is 0.534. The molecule has 3 aromatic rings. The zero-order chi connectivity index (χ0) is 17.6. The molecule has 0 amide bonds. The zero-order valence-corrected chi connectivity index (χ0v) is 14.2. The number of fused-ring (bicyclic) bond motifs is 1. The van der Waals surface area contributed by atoms with Gasteiger partial charge in [-0.1, -0.05) is 18.2 Å². The summed E-state index contributed by atoms with van der Waals surface area (Å²) < 4.78 is 16.5. The Labute approximate surface area is 146 Å². The first kappa shape index (κ1) is 16.8. The van der Waals surface area contributed by atoms with Gasteiger partial charge >= 0.3 is 0 Å². The van der Waals surface area contributed by atoms with E-state index in [0.29, 0.717) is 28.9 Å². The van der Waals surface area contributed by atoms with Crippen molar-refractivity contribution in [2.24, 2.45) is 0 Å². The fourth-order valence-electron chi connectivity index (χ4n) is 2.59. The van der Waals surface area contributed by atoms with Crippen LogP contribution in [0, 0.1) is 0 Å². The summed E-state index contributed by atoms with van der Waals surface area (Å²) in [5.41, 5.74) is 1.77. The third-order valence-corrected chi connectivity index (χ3v) is 3.97. The largest absolute Gasteiger partial charge is 0.497 e. The Morgan fingerprint density at radius 1 is 1.12 bits per heavy atom. The highest BCUT2D eigenvalue weighted by atomic mass is 16.5. The van der Waals surface area contributed by atoms with Crippen LogP contribution >= 0.6 is 0 Å². The van der Waals surface area contributed by atoms with Crippen molar-refractivity contribution in [1.29, 1.82) is 0 Å². The quantitative estimate of drug-likeness (QED) is 0.459.